The molecule has 0 unspecified atom stereocenters. The van der Waals surface area contributed by atoms with E-state index in [0.29, 0.717) is 18.5 Å². The van der Waals surface area contributed by atoms with Crippen LogP contribution < -0.4 is 5.32 Å². The van der Waals surface area contributed by atoms with Crippen LogP contribution in [0.3, 0.4) is 0 Å². The number of carbonyl (C=O) groups is 1. The Morgan fingerprint density at radius 1 is 1.38 bits per heavy atom. The average molecular weight is 292 g/mol. The third-order valence-corrected chi connectivity index (χ3v) is 4.34. The summed E-state index contributed by atoms with van der Waals surface area (Å²) >= 11 is 0. The predicted octanol–water partition coefficient (Wildman–Crippen LogP) is 0.440. The monoisotopic (exact) mass is 292 g/mol. The number of amides is 1. The van der Waals surface area contributed by atoms with E-state index in [1.54, 1.807) is 12.3 Å². The molecule has 114 valence electrons. The Morgan fingerprint density at radius 3 is 2.81 bits per heavy atom. The van der Waals surface area contributed by atoms with Gasteiger partial charge in [-0.3, -0.25) is 4.79 Å². The van der Waals surface area contributed by atoms with E-state index in [1.165, 1.54) is 6.07 Å². The third-order valence-electron chi connectivity index (χ3n) is 4.34. The number of aromatic nitrogens is 1. The molecule has 0 bridgehead atoms. The van der Waals surface area contributed by atoms with E-state index in [4.69, 9.17) is 0 Å². The standard InChI is InChI=1S/C15H21FN4O/c1-19-4-6-20(7-5-19)15(21)10-17-13-8-12(13)11-2-3-14(16)18-9-11/h2-3,9,12-13,17H,4-8,10H2,1H3/t12-,13+/m0/s1. The van der Waals surface area contributed by atoms with Crippen LogP contribution in [0.2, 0.25) is 0 Å². The summed E-state index contributed by atoms with van der Waals surface area (Å²) < 4.78 is 12.8. The molecule has 21 heavy (non-hydrogen) atoms. The Morgan fingerprint density at radius 2 is 2.14 bits per heavy atom. The Labute approximate surface area is 124 Å². The van der Waals surface area contributed by atoms with Crippen molar-refractivity contribution in [3.05, 3.63) is 29.8 Å². The van der Waals surface area contributed by atoms with Gasteiger partial charge in [-0.25, -0.2) is 4.98 Å². The Bertz CT molecular complexity index is 499. The van der Waals surface area contributed by atoms with Crippen molar-refractivity contribution < 1.29 is 9.18 Å². The van der Waals surface area contributed by atoms with Crippen molar-refractivity contribution in [2.24, 2.45) is 0 Å². The van der Waals surface area contributed by atoms with Gasteiger partial charge in [0.1, 0.15) is 0 Å². The van der Waals surface area contributed by atoms with E-state index in [2.05, 4.69) is 22.2 Å². The van der Waals surface area contributed by atoms with Crippen molar-refractivity contribution in [1.82, 2.24) is 20.1 Å². The van der Waals surface area contributed by atoms with E-state index < -0.39 is 5.95 Å². The minimum absolute atomic E-state index is 0.172. The summed E-state index contributed by atoms with van der Waals surface area (Å²) in [5.41, 5.74) is 1.04. The van der Waals surface area contributed by atoms with Crippen LogP contribution in [0.5, 0.6) is 0 Å². The lowest BCUT2D eigenvalue weighted by Crippen LogP contribution is -2.49. The molecule has 1 saturated carbocycles. The molecule has 1 aliphatic heterocycles. The van der Waals surface area contributed by atoms with Crippen LogP contribution in [-0.4, -0.2) is 66.5 Å². The highest BCUT2D eigenvalue weighted by Crippen LogP contribution is 2.40. The zero-order valence-corrected chi connectivity index (χ0v) is 12.3. The molecule has 0 spiro atoms. The normalized spacial score (nSPS) is 25.9. The lowest BCUT2D eigenvalue weighted by molar-refractivity contribution is -0.131. The van der Waals surface area contributed by atoms with Gasteiger partial charge in [0.15, 0.2) is 0 Å². The van der Waals surface area contributed by atoms with Gasteiger partial charge in [-0.1, -0.05) is 6.07 Å². The molecule has 6 heteroatoms. The van der Waals surface area contributed by atoms with Crippen molar-refractivity contribution >= 4 is 5.91 Å². The van der Waals surface area contributed by atoms with Crippen LogP contribution in [0.15, 0.2) is 18.3 Å². The summed E-state index contributed by atoms with van der Waals surface area (Å²) in [5, 5.41) is 3.30. The maximum atomic E-state index is 12.8. The quantitative estimate of drug-likeness (QED) is 0.818. The maximum absolute atomic E-state index is 12.8. The zero-order chi connectivity index (χ0) is 14.8. The molecule has 1 aromatic heterocycles. The number of piperazine rings is 1. The molecule has 2 fully saturated rings. The second-order valence-electron chi connectivity index (χ2n) is 5.93. The summed E-state index contributed by atoms with van der Waals surface area (Å²) in [6, 6.07) is 3.48. The van der Waals surface area contributed by atoms with Crippen LogP contribution in [0, 0.1) is 5.95 Å². The first-order valence-electron chi connectivity index (χ1n) is 7.44. The first-order chi connectivity index (χ1) is 10.1. The molecule has 1 saturated heterocycles. The second-order valence-corrected chi connectivity index (χ2v) is 5.93. The molecule has 1 aromatic rings. The zero-order valence-electron chi connectivity index (χ0n) is 12.3. The fourth-order valence-corrected chi connectivity index (χ4v) is 2.78. The number of pyridine rings is 1. The number of rotatable bonds is 4. The van der Waals surface area contributed by atoms with Crippen LogP contribution in [0.4, 0.5) is 4.39 Å². The largest absolute Gasteiger partial charge is 0.339 e. The molecule has 1 amide bonds. The minimum Gasteiger partial charge on any atom is -0.339 e. The van der Waals surface area contributed by atoms with Crippen LogP contribution in [-0.2, 0) is 4.79 Å². The van der Waals surface area contributed by atoms with Crippen LogP contribution >= 0.6 is 0 Å². The molecule has 5 nitrogen and oxygen atoms in total. The Balaban J connectivity index is 1.42. The van der Waals surface area contributed by atoms with Gasteiger partial charge in [-0.2, -0.15) is 4.39 Å². The molecule has 2 aliphatic rings. The highest BCUT2D eigenvalue weighted by atomic mass is 19.1. The summed E-state index contributed by atoms with van der Waals surface area (Å²) in [7, 11) is 2.07. The van der Waals surface area contributed by atoms with Gasteiger partial charge in [-0.05, 0) is 25.1 Å². The second kappa shape index (κ2) is 6.07. The Kier molecular flexibility index (Phi) is 4.17. The SMILES string of the molecule is CN1CCN(C(=O)CN[C@@H]2C[C@H]2c2ccc(F)nc2)CC1. The fourth-order valence-electron chi connectivity index (χ4n) is 2.78. The first kappa shape index (κ1) is 14.4. The third kappa shape index (κ3) is 3.57. The molecule has 1 N–H and O–H groups in total. The van der Waals surface area contributed by atoms with Crippen LogP contribution in [0.1, 0.15) is 17.9 Å². The van der Waals surface area contributed by atoms with Gasteiger partial charge < -0.3 is 15.1 Å². The number of hydrogen-bond donors (Lipinski definition) is 1. The molecule has 1 aliphatic carbocycles. The van der Waals surface area contributed by atoms with Gasteiger partial charge in [0.25, 0.3) is 0 Å². The summed E-state index contributed by atoms with van der Waals surface area (Å²) in [6.45, 7) is 3.90. The number of likely N-dealkylation sites (N-methyl/N-ethyl adjacent to an activating group) is 1. The molecule has 0 radical (unpaired) electrons. The highest BCUT2D eigenvalue weighted by molar-refractivity contribution is 5.78. The molecular weight excluding hydrogens is 271 g/mol. The van der Waals surface area contributed by atoms with Gasteiger partial charge >= 0.3 is 0 Å². The molecule has 2 atom stereocenters. The van der Waals surface area contributed by atoms with Gasteiger partial charge in [0, 0.05) is 44.3 Å². The maximum Gasteiger partial charge on any atom is 0.236 e. The number of nitrogens with zero attached hydrogens (tertiary/aromatic N) is 3. The average Bonchev–Trinajstić information content (AvgIpc) is 3.26. The van der Waals surface area contributed by atoms with E-state index in [1.807, 2.05) is 4.90 Å². The van der Waals surface area contributed by atoms with E-state index in [-0.39, 0.29) is 5.91 Å². The van der Waals surface area contributed by atoms with E-state index in [9.17, 15) is 9.18 Å². The van der Waals surface area contributed by atoms with E-state index in [0.717, 1.165) is 38.2 Å². The van der Waals surface area contributed by atoms with Crippen molar-refractivity contribution in [2.75, 3.05) is 39.8 Å². The summed E-state index contributed by atoms with van der Waals surface area (Å²) in [5.74, 6) is 0.0820. The summed E-state index contributed by atoms with van der Waals surface area (Å²) in [4.78, 5) is 19.9. The fraction of sp³-hybridized carbons (Fsp3) is 0.600. The number of halogens is 1. The summed E-state index contributed by atoms with van der Waals surface area (Å²) in [6.07, 6.45) is 2.58. The molecule has 0 aromatic carbocycles. The van der Waals surface area contributed by atoms with Gasteiger partial charge in [0.05, 0.1) is 6.54 Å². The Hall–Kier alpha value is -1.53. The number of nitrogens with one attached hydrogen (secondary N) is 1. The van der Waals surface area contributed by atoms with Crippen LogP contribution in [0.25, 0.3) is 0 Å². The van der Waals surface area contributed by atoms with Gasteiger partial charge in [-0.15, -0.1) is 0 Å². The highest BCUT2D eigenvalue weighted by Gasteiger charge is 2.38. The number of carbonyl (C=O) groups excluding carboxylic acids is 1. The molecule has 2 heterocycles. The van der Waals surface area contributed by atoms with E-state index >= 15 is 0 Å². The molecular formula is C15H21FN4O. The topological polar surface area (TPSA) is 48.5 Å². The smallest absolute Gasteiger partial charge is 0.236 e. The predicted molar refractivity (Wildman–Crippen MR) is 77.4 cm³/mol. The molecule has 3 rings (SSSR count). The lowest BCUT2D eigenvalue weighted by Gasteiger charge is -2.32. The van der Waals surface area contributed by atoms with Gasteiger partial charge in [0.2, 0.25) is 11.9 Å². The lowest BCUT2D eigenvalue weighted by atomic mass is 10.2. The van der Waals surface area contributed by atoms with Crippen molar-refractivity contribution in [3.63, 3.8) is 0 Å². The van der Waals surface area contributed by atoms with Crippen molar-refractivity contribution in [2.45, 2.75) is 18.4 Å². The van der Waals surface area contributed by atoms with Crippen molar-refractivity contribution in [1.29, 1.82) is 0 Å². The van der Waals surface area contributed by atoms with Crippen molar-refractivity contribution in [3.8, 4) is 0 Å². The number of hydrogen-bond acceptors (Lipinski definition) is 4. The first-order valence-corrected chi connectivity index (χ1v) is 7.44. The minimum atomic E-state index is -0.450.